The summed E-state index contributed by atoms with van der Waals surface area (Å²) >= 11 is 0. The van der Waals surface area contributed by atoms with Gasteiger partial charge in [-0.25, -0.2) is 0 Å². The lowest BCUT2D eigenvalue weighted by Gasteiger charge is -2.71. The minimum absolute atomic E-state index is 0.0552. The van der Waals surface area contributed by atoms with Crippen molar-refractivity contribution in [2.45, 2.75) is 113 Å². The second kappa shape index (κ2) is 8.41. The predicted octanol–water partition coefficient (Wildman–Crippen LogP) is 5.81. The Balaban J connectivity index is 1.66. The summed E-state index contributed by atoms with van der Waals surface area (Å²) in [7, 11) is 0. The molecule has 5 aliphatic carbocycles. The monoisotopic (exact) mass is 528 g/mol. The van der Waals surface area contributed by atoms with Crippen LogP contribution in [0.15, 0.2) is 11.6 Å². The van der Waals surface area contributed by atoms with Crippen LogP contribution in [0.1, 0.15) is 100 Å². The van der Waals surface area contributed by atoms with Crippen LogP contribution >= 0.6 is 0 Å². The van der Waals surface area contributed by atoms with Gasteiger partial charge < -0.3 is 14.9 Å². The number of hydrogen-bond donors (Lipinski definition) is 2. The summed E-state index contributed by atoms with van der Waals surface area (Å²) < 4.78 is 5.58. The highest BCUT2D eigenvalue weighted by Gasteiger charge is 2.74. The number of ether oxygens (including phenoxy) is 1. The molecule has 0 spiro atoms. The molecule has 0 aromatic heterocycles. The maximum absolute atomic E-state index is 14.4. The molecule has 0 amide bonds. The number of carboxylic acid groups (broad SMARTS) is 1. The quantitative estimate of drug-likeness (QED) is 0.439. The van der Waals surface area contributed by atoms with Gasteiger partial charge in [0.15, 0.2) is 5.78 Å². The predicted molar refractivity (Wildman–Crippen MR) is 144 cm³/mol. The van der Waals surface area contributed by atoms with Crippen LogP contribution < -0.4 is 0 Å². The third kappa shape index (κ3) is 3.25. The van der Waals surface area contributed by atoms with Gasteiger partial charge in [0.1, 0.15) is 11.5 Å². The summed E-state index contributed by atoms with van der Waals surface area (Å²) in [6.45, 7) is 16.6. The number of aliphatic hydroxyl groups excluding tert-OH is 1. The van der Waals surface area contributed by atoms with E-state index in [1.807, 2.05) is 6.08 Å². The van der Waals surface area contributed by atoms with E-state index in [0.29, 0.717) is 30.6 Å². The maximum atomic E-state index is 14.4. The summed E-state index contributed by atoms with van der Waals surface area (Å²) in [5.74, 6) is -1.09. The molecular formula is C32H48O6. The fourth-order valence-electron chi connectivity index (χ4n) is 11.0. The number of aliphatic carboxylic acids is 1. The molecule has 0 aliphatic heterocycles. The number of allylic oxidation sites excluding steroid dienone is 2. The molecule has 12 atom stereocenters. The van der Waals surface area contributed by atoms with E-state index in [2.05, 4.69) is 41.5 Å². The topological polar surface area (TPSA) is 101 Å². The fraction of sp³-hybridized carbons (Fsp3) is 0.844. The van der Waals surface area contributed by atoms with Gasteiger partial charge in [-0.15, -0.1) is 0 Å². The molecule has 6 nitrogen and oxygen atoms in total. The van der Waals surface area contributed by atoms with Gasteiger partial charge in [0.2, 0.25) is 0 Å². The van der Waals surface area contributed by atoms with Crippen LogP contribution in [0.3, 0.4) is 0 Å². The molecule has 0 aromatic rings. The van der Waals surface area contributed by atoms with Gasteiger partial charge in [-0.1, -0.05) is 47.1 Å². The van der Waals surface area contributed by atoms with Crippen molar-refractivity contribution in [1.29, 1.82) is 0 Å². The average molecular weight is 529 g/mol. The fourth-order valence-corrected chi connectivity index (χ4v) is 11.0. The van der Waals surface area contributed by atoms with Crippen LogP contribution in [0.2, 0.25) is 0 Å². The molecule has 3 unspecified atom stereocenters. The molecule has 5 aliphatic rings. The molecule has 38 heavy (non-hydrogen) atoms. The Hall–Kier alpha value is -1.69. The Morgan fingerprint density at radius 2 is 1.66 bits per heavy atom. The van der Waals surface area contributed by atoms with E-state index in [0.717, 1.165) is 12.8 Å². The van der Waals surface area contributed by atoms with Crippen molar-refractivity contribution in [3.63, 3.8) is 0 Å². The average Bonchev–Trinajstić information content (AvgIpc) is 2.82. The molecule has 0 aromatic carbocycles. The van der Waals surface area contributed by atoms with Gasteiger partial charge in [0.25, 0.3) is 0 Å². The first kappa shape index (κ1) is 27.9. The molecule has 2 N–H and O–H groups in total. The smallest absolute Gasteiger partial charge is 0.313 e. The van der Waals surface area contributed by atoms with E-state index < -0.39 is 52.2 Å². The Labute approximate surface area is 228 Å². The number of carboxylic acids is 1. The third-order valence-corrected chi connectivity index (χ3v) is 13.6. The highest BCUT2D eigenvalue weighted by atomic mass is 16.5. The Morgan fingerprint density at radius 3 is 2.26 bits per heavy atom. The third-order valence-electron chi connectivity index (χ3n) is 13.6. The second-order valence-corrected chi connectivity index (χ2v) is 15.1. The van der Waals surface area contributed by atoms with Crippen molar-refractivity contribution in [1.82, 2.24) is 0 Å². The Morgan fingerprint density at radius 1 is 1.00 bits per heavy atom. The zero-order valence-corrected chi connectivity index (χ0v) is 24.6. The number of rotatable bonds is 2. The van der Waals surface area contributed by atoms with Crippen LogP contribution in [0.4, 0.5) is 0 Å². The van der Waals surface area contributed by atoms with Crippen LogP contribution in [-0.4, -0.2) is 40.1 Å². The lowest BCUT2D eigenvalue weighted by Crippen LogP contribution is -2.72. The SMILES string of the molecule is CC(=O)O[C@@H]1CC[C@]2(C)C3C(=O)C=C4C5[C@@H](C)[C@H](C)CC[C@]5(C)CC[C@@]4(C)[C@]3(C)[C@@H](O)CC2[C@@]1(C)C(=O)O. The molecule has 4 saturated carbocycles. The Kier molecular flexibility index (Phi) is 6.16. The van der Waals surface area contributed by atoms with Gasteiger partial charge in [0, 0.05) is 18.3 Å². The van der Waals surface area contributed by atoms with Crippen LogP contribution in [0.5, 0.6) is 0 Å². The number of carbonyl (C=O) groups excluding carboxylic acids is 2. The molecule has 5 rings (SSSR count). The first-order chi connectivity index (χ1) is 17.5. The summed E-state index contributed by atoms with van der Waals surface area (Å²) in [5.41, 5.74) is -1.66. The standard InChI is InChI=1S/C32H48O6/c1-17-9-11-28(4)13-14-30(6)20(25(28)18(17)2)15-21(34)26-29(5)12-10-24(38-19(3)33)31(7,27(36)37)22(29)16-23(35)32(26,30)8/h15,17-18,22-26,35H,9-14,16H2,1-8H3,(H,36,37)/t17-,18+,22?,23+,24-,25?,26?,28-,29+,30-,31-,32-/m1/s1. The number of hydrogen-bond acceptors (Lipinski definition) is 5. The number of aliphatic hydroxyl groups is 1. The van der Waals surface area contributed by atoms with E-state index in [1.165, 1.54) is 25.3 Å². The van der Waals surface area contributed by atoms with E-state index in [1.54, 1.807) is 6.92 Å². The van der Waals surface area contributed by atoms with Crippen molar-refractivity contribution >= 4 is 17.7 Å². The number of esters is 1. The van der Waals surface area contributed by atoms with Crippen molar-refractivity contribution in [3.8, 4) is 0 Å². The van der Waals surface area contributed by atoms with E-state index in [4.69, 9.17) is 4.74 Å². The van der Waals surface area contributed by atoms with E-state index in [-0.39, 0.29) is 23.0 Å². The molecule has 0 radical (unpaired) electrons. The molecule has 0 bridgehead atoms. The summed E-state index contributed by atoms with van der Waals surface area (Å²) in [5, 5.41) is 22.6. The lowest BCUT2D eigenvalue weighted by molar-refractivity contribution is -0.246. The van der Waals surface area contributed by atoms with Crippen LogP contribution in [-0.2, 0) is 19.1 Å². The van der Waals surface area contributed by atoms with Gasteiger partial charge >= 0.3 is 11.9 Å². The molecule has 212 valence electrons. The zero-order chi connectivity index (χ0) is 28.2. The number of fused-ring (bicyclic) bond motifs is 7. The van der Waals surface area contributed by atoms with Crippen molar-refractivity contribution in [2.24, 2.45) is 56.7 Å². The number of ketones is 1. The normalized spacial score (nSPS) is 54.0. The Bertz CT molecular complexity index is 1100. The van der Waals surface area contributed by atoms with Crippen molar-refractivity contribution in [2.75, 3.05) is 0 Å². The summed E-state index contributed by atoms with van der Waals surface area (Å²) in [6, 6.07) is 0. The number of carbonyl (C=O) groups is 3. The second-order valence-electron chi connectivity index (χ2n) is 15.1. The molecule has 0 heterocycles. The van der Waals surface area contributed by atoms with Crippen LogP contribution in [0.25, 0.3) is 0 Å². The van der Waals surface area contributed by atoms with Gasteiger partial charge in [-0.2, -0.15) is 0 Å². The molecular weight excluding hydrogens is 480 g/mol. The van der Waals surface area contributed by atoms with Crippen molar-refractivity contribution in [3.05, 3.63) is 11.6 Å². The van der Waals surface area contributed by atoms with Crippen molar-refractivity contribution < 1.29 is 29.3 Å². The highest BCUT2D eigenvalue weighted by molar-refractivity contribution is 5.96. The maximum Gasteiger partial charge on any atom is 0.313 e. The first-order valence-corrected chi connectivity index (χ1v) is 14.8. The largest absolute Gasteiger partial charge is 0.481 e. The van der Waals surface area contributed by atoms with Gasteiger partial charge in [-0.3, -0.25) is 14.4 Å². The van der Waals surface area contributed by atoms with E-state index in [9.17, 15) is 24.6 Å². The van der Waals surface area contributed by atoms with Crippen LogP contribution in [0, 0.1) is 56.7 Å². The summed E-state index contributed by atoms with van der Waals surface area (Å²) in [4.78, 5) is 39.2. The molecule has 0 saturated heterocycles. The lowest BCUT2D eigenvalue weighted by atomic mass is 9.32. The molecule has 4 fully saturated rings. The minimum atomic E-state index is -1.38. The first-order valence-electron chi connectivity index (χ1n) is 14.8. The van der Waals surface area contributed by atoms with Gasteiger partial charge in [0.05, 0.1) is 6.10 Å². The van der Waals surface area contributed by atoms with E-state index >= 15 is 0 Å². The highest BCUT2D eigenvalue weighted by Crippen LogP contribution is 2.75. The summed E-state index contributed by atoms with van der Waals surface area (Å²) in [6.07, 6.45) is 6.00. The minimum Gasteiger partial charge on any atom is -0.481 e. The zero-order valence-electron chi connectivity index (χ0n) is 24.6. The van der Waals surface area contributed by atoms with Gasteiger partial charge in [-0.05, 0) is 97.9 Å². The molecule has 6 heteroatoms.